The van der Waals surface area contributed by atoms with Gasteiger partial charge in [0.2, 0.25) is 5.91 Å². The van der Waals surface area contributed by atoms with Gasteiger partial charge < -0.3 is 5.32 Å². The van der Waals surface area contributed by atoms with Crippen molar-refractivity contribution in [2.24, 2.45) is 5.10 Å². The number of carbonyl (C=O) groups excluding carboxylic acids is 2. The average Bonchev–Trinajstić information content (AvgIpc) is 2.56. The normalized spacial score (nSPS) is 11.0. The summed E-state index contributed by atoms with van der Waals surface area (Å²) in [7, 11) is 0. The molecule has 7 heteroatoms. The van der Waals surface area contributed by atoms with Crippen molar-refractivity contribution in [2.45, 2.75) is 13.3 Å². The number of anilines is 1. The van der Waals surface area contributed by atoms with Crippen molar-refractivity contribution in [3.63, 3.8) is 0 Å². The van der Waals surface area contributed by atoms with Gasteiger partial charge in [0.1, 0.15) is 0 Å². The van der Waals surface area contributed by atoms with Gasteiger partial charge in [0.05, 0.1) is 16.5 Å². The summed E-state index contributed by atoms with van der Waals surface area (Å²) in [5, 5.41) is 7.38. The fourth-order valence-corrected chi connectivity index (χ4v) is 2.15. The predicted octanol–water partition coefficient (Wildman–Crippen LogP) is 4.13. The third-order valence-electron chi connectivity index (χ3n) is 3.00. The van der Waals surface area contributed by atoms with E-state index >= 15 is 0 Å². The van der Waals surface area contributed by atoms with E-state index in [9.17, 15) is 9.59 Å². The van der Waals surface area contributed by atoms with Crippen LogP contribution in [-0.4, -0.2) is 17.5 Å². The lowest BCUT2D eigenvalue weighted by molar-refractivity contribution is -0.115. The largest absolute Gasteiger partial charge is 0.326 e. The van der Waals surface area contributed by atoms with Crippen LogP contribution in [0.4, 0.5) is 5.69 Å². The topological polar surface area (TPSA) is 70.6 Å². The minimum atomic E-state index is -0.333. The zero-order valence-electron chi connectivity index (χ0n) is 12.8. The van der Waals surface area contributed by atoms with Crippen molar-refractivity contribution in [3.05, 3.63) is 64.1 Å². The molecule has 0 spiro atoms. The SMILES string of the molecule is CC(CC(=O)Nc1ccc(Cl)c(Cl)c1)=NNC(=O)c1ccccc1. The zero-order valence-corrected chi connectivity index (χ0v) is 14.4. The highest BCUT2D eigenvalue weighted by Crippen LogP contribution is 2.25. The Hall–Kier alpha value is -2.37. The van der Waals surface area contributed by atoms with Gasteiger partial charge in [0.25, 0.3) is 5.91 Å². The smallest absolute Gasteiger partial charge is 0.271 e. The molecule has 124 valence electrons. The van der Waals surface area contributed by atoms with Crippen molar-refractivity contribution in [1.29, 1.82) is 0 Å². The van der Waals surface area contributed by atoms with Crippen LogP contribution in [0.3, 0.4) is 0 Å². The molecule has 2 rings (SSSR count). The summed E-state index contributed by atoms with van der Waals surface area (Å²) in [5.41, 5.74) is 3.92. The molecular weight excluding hydrogens is 349 g/mol. The molecule has 0 aliphatic carbocycles. The number of carbonyl (C=O) groups is 2. The molecule has 0 saturated carbocycles. The molecule has 0 radical (unpaired) electrons. The summed E-state index contributed by atoms with van der Waals surface area (Å²) in [6.45, 7) is 1.65. The van der Waals surface area contributed by atoms with Crippen LogP contribution in [0.25, 0.3) is 0 Å². The highest BCUT2D eigenvalue weighted by atomic mass is 35.5. The van der Waals surface area contributed by atoms with Crippen LogP contribution >= 0.6 is 23.2 Å². The molecule has 0 unspecified atom stereocenters. The first-order valence-corrected chi connectivity index (χ1v) is 7.85. The summed E-state index contributed by atoms with van der Waals surface area (Å²) in [6.07, 6.45) is 0.0370. The molecule has 0 aliphatic rings. The van der Waals surface area contributed by atoms with Gasteiger partial charge in [-0.05, 0) is 37.3 Å². The highest BCUT2D eigenvalue weighted by molar-refractivity contribution is 6.42. The molecular formula is C17H15Cl2N3O2. The molecule has 2 amide bonds. The van der Waals surface area contributed by atoms with E-state index in [0.717, 1.165) is 0 Å². The van der Waals surface area contributed by atoms with Crippen LogP contribution in [0.5, 0.6) is 0 Å². The summed E-state index contributed by atoms with van der Waals surface area (Å²) < 4.78 is 0. The number of hydrogen-bond donors (Lipinski definition) is 2. The van der Waals surface area contributed by atoms with Crippen molar-refractivity contribution >= 4 is 46.4 Å². The zero-order chi connectivity index (χ0) is 17.5. The van der Waals surface area contributed by atoms with E-state index in [-0.39, 0.29) is 18.2 Å². The Morgan fingerprint density at radius 1 is 1.04 bits per heavy atom. The molecule has 0 aliphatic heterocycles. The number of hydrazone groups is 1. The number of hydrogen-bond acceptors (Lipinski definition) is 3. The maximum absolute atomic E-state index is 12.0. The first-order chi connectivity index (χ1) is 11.5. The lowest BCUT2D eigenvalue weighted by Gasteiger charge is -2.06. The number of benzene rings is 2. The van der Waals surface area contributed by atoms with Gasteiger partial charge in [-0.3, -0.25) is 9.59 Å². The van der Waals surface area contributed by atoms with E-state index in [1.165, 1.54) is 0 Å². The summed E-state index contributed by atoms with van der Waals surface area (Å²) in [6, 6.07) is 13.5. The third-order valence-corrected chi connectivity index (χ3v) is 3.74. The van der Waals surface area contributed by atoms with Gasteiger partial charge in [0.15, 0.2) is 0 Å². The lowest BCUT2D eigenvalue weighted by atomic mass is 10.2. The summed E-state index contributed by atoms with van der Waals surface area (Å²) in [5.74, 6) is -0.608. The molecule has 2 aromatic carbocycles. The maximum atomic E-state index is 12.0. The molecule has 24 heavy (non-hydrogen) atoms. The lowest BCUT2D eigenvalue weighted by Crippen LogP contribution is -2.21. The van der Waals surface area contributed by atoms with Gasteiger partial charge in [0, 0.05) is 17.0 Å². The van der Waals surface area contributed by atoms with Crippen molar-refractivity contribution in [2.75, 3.05) is 5.32 Å². The van der Waals surface area contributed by atoms with E-state index < -0.39 is 0 Å². The van der Waals surface area contributed by atoms with Crippen LogP contribution < -0.4 is 10.7 Å². The van der Waals surface area contributed by atoms with Gasteiger partial charge in [-0.1, -0.05) is 41.4 Å². The number of rotatable bonds is 5. The molecule has 2 N–H and O–H groups in total. The molecule has 0 saturated heterocycles. The van der Waals surface area contributed by atoms with Crippen LogP contribution in [0.2, 0.25) is 10.0 Å². The Bertz CT molecular complexity index is 777. The number of nitrogens with zero attached hydrogens (tertiary/aromatic N) is 1. The Labute approximate surface area is 149 Å². The third kappa shape index (κ3) is 5.37. The van der Waals surface area contributed by atoms with Gasteiger partial charge in [-0.25, -0.2) is 5.43 Å². The van der Waals surface area contributed by atoms with Crippen LogP contribution in [-0.2, 0) is 4.79 Å². The standard InChI is InChI=1S/C17H15Cl2N3O2/c1-11(21-22-17(24)12-5-3-2-4-6-12)9-16(23)20-13-7-8-14(18)15(19)10-13/h2-8,10H,9H2,1H3,(H,20,23)(H,22,24). The number of nitrogens with one attached hydrogen (secondary N) is 2. The Morgan fingerprint density at radius 3 is 2.42 bits per heavy atom. The van der Waals surface area contributed by atoms with E-state index in [0.29, 0.717) is 27.0 Å². The van der Waals surface area contributed by atoms with Crippen molar-refractivity contribution in [3.8, 4) is 0 Å². The highest BCUT2D eigenvalue weighted by Gasteiger charge is 2.08. The van der Waals surface area contributed by atoms with Gasteiger partial charge >= 0.3 is 0 Å². The minimum absolute atomic E-state index is 0.0370. The molecule has 0 atom stereocenters. The van der Waals surface area contributed by atoms with Crippen LogP contribution in [0.15, 0.2) is 53.6 Å². The monoisotopic (exact) mass is 363 g/mol. The first-order valence-electron chi connectivity index (χ1n) is 7.09. The van der Waals surface area contributed by atoms with E-state index in [4.69, 9.17) is 23.2 Å². The number of amides is 2. The van der Waals surface area contributed by atoms with E-state index in [2.05, 4.69) is 15.8 Å². The van der Waals surface area contributed by atoms with Crippen LogP contribution in [0.1, 0.15) is 23.7 Å². The molecule has 0 aromatic heterocycles. The summed E-state index contributed by atoms with van der Waals surface area (Å²) >= 11 is 11.7. The fraction of sp³-hybridized carbons (Fsp3) is 0.118. The fourth-order valence-electron chi connectivity index (χ4n) is 1.85. The van der Waals surface area contributed by atoms with Crippen LogP contribution in [0, 0.1) is 0 Å². The second-order valence-electron chi connectivity index (χ2n) is 5.01. The molecule has 0 bridgehead atoms. The Morgan fingerprint density at radius 2 is 1.75 bits per heavy atom. The van der Waals surface area contributed by atoms with Gasteiger partial charge in [-0.2, -0.15) is 5.10 Å². The second-order valence-corrected chi connectivity index (χ2v) is 5.82. The summed E-state index contributed by atoms with van der Waals surface area (Å²) in [4.78, 5) is 23.8. The quantitative estimate of drug-likeness (QED) is 0.619. The van der Waals surface area contributed by atoms with E-state index in [1.54, 1.807) is 49.4 Å². The molecule has 5 nitrogen and oxygen atoms in total. The second kappa shape index (κ2) is 8.47. The molecule has 0 fully saturated rings. The Kier molecular flexibility index (Phi) is 6.35. The van der Waals surface area contributed by atoms with Crippen molar-refractivity contribution in [1.82, 2.24) is 5.43 Å². The molecule has 0 heterocycles. The molecule has 2 aromatic rings. The predicted molar refractivity (Wildman–Crippen MR) is 96.7 cm³/mol. The minimum Gasteiger partial charge on any atom is -0.326 e. The maximum Gasteiger partial charge on any atom is 0.271 e. The van der Waals surface area contributed by atoms with Crippen molar-refractivity contribution < 1.29 is 9.59 Å². The Balaban J connectivity index is 1.88. The average molecular weight is 364 g/mol. The van der Waals surface area contributed by atoms with E-state index in [1.807, 2.05) is 6.07 Å². The number of halogens is 2. The first kappa shape index (κ1) is 18.0. The van der Waals surface area contributed by atoms with Gasteiger partial charge in [-0.15, -0.1) is 0 Å².